The van der Waals surface area contributed by atoms with E-state index in [0.717, 1.165) is 17.7 Å². The lowest BCUT2D eigenvalue weighted by Crippen LogP contribution is -2.50. The van der Waals surface area contributed by atoms with Gasteiger partial charge in [0.05, 0.1) is 12.1 Å². The Morgan fingerprint density at radius 1 is 0.973 bits per heavy atom. The van der Waals surface area contributed by atoms with Gasteiger partial charge in [-0.15, -0.1) is 0 Å². The number of rotatable bonds is 7. The molecule has 0 spiro atoms. The molecular formula is C26H26ClF3N4O3. The Labute approximate surface area is 217 Å². The first-order chi connectivity index (χ1) is 17.6. The second-order valence-electron chi connectivity index (χ2n) is 8.90. The molecule has 0 saturated carbocycles. The second kappa shape index (κ2) is 11.4. The van der Waals surface area contributed by atoms with Crippen LogP contribution in [0, 0.1) is 0 Å². The summed E-state index contributed by atoms with van der Waals surface area (Å²) in [6.45, 7) is 3.93. The van der Waals surface area contributed by atoms with Crippen LogP contribution >= 0.6 is 11.6 Å². The van der Waals surface area contributed by atoms with Crippen molar-refractivity contribution in [3.05, 3.63) is 88.1 Å². The van der Waals surface area contributed by atoms with Crippen LogP contribution in [0.4, 0.5) is 13.2 Å². The van der Waals surface area contributed by atoms with E-state index in [1.807, 2.05) is 11.0 Å². The van der Waals surface area contributed by atoms with E-state index in [4.69, 9.17) is 16.0 Å². The minimum Gasteiger partial charge on any atom is -0.447 e. The van der Waals surface area contributed by atoms with Gasteiger partial charge in [-0.05, 0) is 29.3 Å². The van der Waals surface area contributed by atoms with E-state index >= 15 is 0 Å². The molecule has 1 saturated heterocycles. The lowest BCUT2D eigenvalue weighted by Gasteiger charge is -2.33. The number of amides is 2. The standard InChI is InChI=1S/C26H26ClF3N4O3/c1-18(35)33-8-10-34(11-9-33)25(36)23-17-37-24(31-23)16-32(15-20-5-3-7-22(27)13-20)14-19-4-2-6-21(12-19)26(28,29)30/h2-7,12-13,17H,8-11,14-16H2,1H3. The van der Waals surface area contributed by atoms with E-state index in [-0.39, 0.29) is 36.5 Å². The highest BCUT2D eigenvalue weighted by atomic mass is 35.5. The van der Waals surface area contributed by atoms with E-state index in [1.54, 1.807) is 34.1 Å². The number of piperazine rings is 1. The van der Waals surface area contributed by atoms with E-state index in [2.05, 4.69) is 4.98 Å². The number of carbonyl (C=O) groups excluding carboxylic acids is 2. The smallest absolute Gasteiger partial charge is 0.416 e. The zero-order valence-corrected chi connectivity index (χ0v) is 20.9. The summed E-state index contributed by atoms with van der Waals surface area (Å²) in [6, 6.07) is 12.4. The second-order valence-corrected chi connectivity index (χ2v) is 9.33. The van der Waals surface area contributed by atoms with Crippen LogP contribution in [0.1, 0.15) is 40.0 Å². The molecular weight excluding hydrogens is 509 g/mol. The topological polar surface area (TPSA) is 69.9 Å². The summed E-state index contributed by atoms with van der Waals surface area (Å²) in [4.78, 5) is 33.9. The van der Waals surface area contributed by atoms with E-state index < -0.39 is 11.7 Å². The SMILES string of the molecule is CC(=O)N1CCN(C(=O)c2coc(CN(Cc3cccc(Cl)c3)Cc3cccc(C(F)(F)F)c3)n2)CC1. The first kappa shape index (κ1) is 26.7. The molecule has 0 N–H and O–H groups in total. The van der Waals surface area contributed by atoms with Gasteiger partial charge in [-0.25, -0.2) is 4.98 Å². The molecule has 0 atom stereocenters. The lowest BCUT2D eigenvalue weighted by atomic mass is 10.1. The average Bonchev–Trinajstić information content (AvgIpc) is 3.31. The van der Waals surface area contributed by atoms with Crippen molar-refractivity contribution in [2.24, 2.45) is 0 Å². The predicted octanol–water partition coefficient (Wildman–Crippen LogP) is 4.85. The Morgan fingerprint density at radius 3 is 2.22 bits per heavy atom. The Bertz CT molecular complexity index is 1260. The van der Waals surface area contributed by atoms with Crippen LogP contribution in [0.5, 0.6) is 0 Å². The zero-order chi connectivity index (χ0) is 26.6. The number of benzene rings is 2. The normalized spacial score (nSPS) is 14.3. The monoisotopic (exact) mass is 534 g/mol. The van der Waals surface area contributed by atoms with Gasteiger partial charge in [0, 0.05) is 51.2 Å². The first-order valence-corrected chi connectivity index (χ1v) is 12.1. The molecule has 2 amide bonds. The van der Waals surface area contributed by atoms with Crippen molar-refractivity contribution in [2.45, 2.75) is 32.7 Å². The van der Waals surface area contributed by atoms with E-state index in [1.165, 1.54) is 19.3 Å². The number of halogens is 4. The highest BCUT2D eigenvalue weighted by Gasteiger charge is 2.30. The van der Waals surface area contributed by atoms with Gasteiger partial charge >= 0.3 is 6.18 Å². The fourth-order valence-corrected chi connectivity index (χ4v) is 4.44. The predicted molar refractivity (Wildman–Crippen MR) is 131 cm³/mol. The van der Waals surface area contributed by atoms with Crippen LogP contribution in [0.25, 0.3) is 0 Å². The molecule has 7 nitrogen and oxygen atoms in total. The van der Waals surface area contributed by atoms with Crippen LogP contribution in [0.2, 0.25) is 5.02 Å². The molecule has 1 aliphatic heterocycles. The lowest BCUT2D eigenvalue weighted by molar-refractivity contribution is -0.137. The van der Waals surface area contributed by atoms with Gasteiger partial charge in [0.1, 0.15) is 6.26 Å². The summed E-state index contributed by atoms with van der Waals surface area (Å²) in [5.41, 5.74) is 0.767. The highest BCUT2D eigenvalue weighted by Crippen LogP contribution is 2.30. The molecule has 2 heterocycles. The van der Waals surface area contributed by atoms with Crippen LogP contribution < -0.4 is 0 Å². The molecule has 0 radical (unpaired) electrons. The Morgan fingerprint density at radius 2 is 1.59 bits per heavy atom. The summed E-state index contributed by atoms with van der Waals surface area (Å²) in [6.07, 6.45) is -3.15. The molecule has 196 valence electrons. The molecule has 11 heteroatoms. The molecule has 1 aromatic heterocycles. The third-order valence-corrected chi connectivity index (χ3v) is 6.33. The van der Waals surface area contributed by atoms with Gasteiger partial charge < -0.3 is 14.2 Å². The molecule has 0 unspecified atom stereocenters. The number of carbonyl (C=O) groups is 2. The molecule has 37 heavy (non-hydrogen) atoms. The third kappa shape index (κ3) is 7.11. The summed E-state index contributed by atoms with van der Waals surface area (Å²) in [5, 5.41) is 0.547. The Kier molecular flexibility index (Phi) is 8.19. The highest BCUT2D eigenvalue weighted by molar-refractivity contribution is 6.30. The quantitative estimate of drug-likeness (QED) is 0.433. The average molecular weight is 535 g/mol. The maximum atomic E-state index is 13.2. The molecule has 3 aromatic rings. The number of alkyl halides is 3. The number of hydrogen-bond donors (Lipinski definition) is 0. The van der Waals surface area contributed by atoms with Crippen LogP contribution in [-0.2, 0) is 30.6 Å². The molecule has 0 bridgehead atoms. The van der Waals surface area contributed by atoms with Crippen molar-refractivity contribution < 1.29 is 27.2 Å². The van der Waals surface area contributed by atoms with Gasteiger partial charge in [-0.1, -0.05) is 41.9 Å². The molecule has 4 rings (SSSR count). The van der Waals surface area contributed by atoms with Gasteiger partial charge in [-0.3, -0.25) is 14.5 Å². The van der Waals surface area contributed by atoms with Crippen molar-refractivity contribution in [3.8, 4) is 0 Å². The van der Waals surface area contributed by atoms with Gasteiger partial charge in [0.2, 0.25) is 11.8 Å². The van der Waals surface area contributed by atoms with Crippen molar-refractivity contribution in [1.29, 1.82) is 0 Å². The number of hydrogen-bond acceptors (Lipinski definition) is 5. The molecule has 0 aliphatic carbocycles. The summed E-state index contributed by atoms with van der Waals surface area (Å²) >= 11 is 6.12. The van der Waals surface area contributed by atoms with Gasteiger partial charge in [-0.2, -0.15) is 13.2 Å². The number of oxazole rings is 1. The zero-order valence-electron chi connectivity index (χ0n) is 20.2. The van der Waals surface area contributed by atoms with Crippen molar-refractivity contribution in [3.63, 3.8) is 0 Å². The third-order valence-electron chi connectivity index (χ3n) is 6.10. The Balaban J connectivity index is 1.49. The van der Waals surface area contributed by atoms with Crippen LogP contribution in [0.3, 0.4) is 0 Å². The van der Waals surface area contributed by atoms with Crippen molar-refractivity contribution >= 4 is 23.4 Å². The maximum absolute atomic E-state index is 13.2. The number of nitrogens with zero attached hydrogens (tertiary/aromatic N) is 4. The van der Waals surface area contributed by atoms with Crippen molar-refractivity contribution in [2.75, 3.05) is 26.2 Å². The minimum atomic E-state index is -4.44. The van der Waals surface area contributed by atoms with Crippen LogP contribution in [0.15, 0.2) is 59.2 Å². The summed E-state index contributed by atoms with van der Waals surface area (Å²) < 4.78 is 45.3. The van der Waals surface area contributed by atoms with Gasteiger partial charge in [0.15, 0.2) is 5.69 Å². The fourth-order valence-electron chi connectivity index (χ4n) is 4.22. The molecule has 1 fully saturated rings. The Hall–Kier alpha value is -3.37. The summed E-state index contributed by atoms with van der Waals surface area (Å²) in [5.74, 6) is -0.0615. The van der Waals surface area contributed by atoms with Crippen molar-refractivity contribution in [1.82, 2.24) is 19.7 Å². The number of aromatic nitrogens is 1. The maximum Gasteiger partial charge on any atom is 0.416 e. The largest absolute Gasteiger partial charge is 0.447 e. The molecule has 2 aromatic carbocycles. The van der Waals surface area contributed by atoms with Gasteiger partial charge in [0.25, 0.3) is 5.91 Å². The van der Waals surface area contributed by atoms with E-state index in [9.17, 15) is 22.8 Å². The van der Waals surface area contributed by atoms with Crippen LogP contribution in [-0.4, -0.2) is 57.7 Å². The minimum absolute atomic E-state index is 0.0311. The fraction of sp³-hybridized carbons (Fsp3) is 0.346. The molecule has 1 aliphatic rings. The first-order valence-electron chi connectivity index (χ1n) is 11.7. The summed E-state index contributed by atoms with van der Waals surface area (Å²) in [7, 11) is 0. The van der Waals surface area contributed by atoms with E-state index in [0.29, 0.717) is 43.3 Å².